The Kier molecular flexibility index (Phi) is 11.6. The van der Waals surface area contributed by atoms with Crippen LogP contribution in [0, 0.1) is 0 Å². The summed E-state index contributed by atoms with van der Waals surface area (Å²) in [4.78, 5) is 13.4. The summed E-state index contributed by atoms with van der Waals surface area (Å²) in [5.74, 6) is -1.74. The fourth-order valence-corrected chi connectivity index (χ4v) is 6.64. The number of aliphatic hydroxyl groups excluding tert-OH is 10. The largest absolute Gasteiger partial charge is 0.508 e. The van der Waals surface area contributed by atoms with Gasteiger partial charge in [-0.25, -0.2) is 0 Å². The Morgan fingerprint density at radius 1 is 0.585 bits per heavy atom. The second-order valence-corrected chi connectivity index (χ2v) is 12.9. The molecule has 13 N–H and O–H groups in total. The van der Waals surface area contributed by atoms with Crippen LogP contribution in [0.5, 0.6) is 17.2 Å². The lowest BCUT2D eigenvalue weighted by Gasteiger charge is -2.48. The molecule has 1 aromatic heterocycles. The quantitative estimate of drug-likeness (QED) is 0.0983. The van der Waals surface area contributed by atoms with Crippen molar-refractivity contribution in [2.45, 2.75) is 91.9 Å². The van der Waals surface area contributed by atoms with E-state index in [9.17, 15) is 71.2 Å². The number of phenolic OH excluding ortho intramolecular Hbond substituents is 3. The molecule has 53 heavy (non-hydrogen) atoms. The average Bonchev–Trinajstić information content (AvgIpc) is 3.13. The lowest BCUT2D eigenvalue weighted by atomic mass is 9.89. The van der Waals surface area contributed by atoms with Gasteiger partial charge in [0.25, 0.3) is 0 Å². The maximum atomic E-state index is 13.4. The second kappa shape index (κ2) is 15.7. The third kappa shape index (κ3) is 7.21. The number of hydrogen-bond acceptors (Lipinski definition) is 20. The minimum Gasteiger partial charge on any atom is -0.508 e. The lowest BCUT2D eigenvalue weighted by Crippen LogP contribution is -2.66. The molecule has 0 amide bonds. The zero-order chi connectivity index (χ0) is 38.5. The van der Waals surface area contributed by atoms with E-state index in [0.717, 1.165) is 12.1 Å². The molecular formula is C33H40O20. The van der Waals surface area contributed by atoms with Crippen molar-refractivity contribution in [1.29, 1.82) is 0 Å². The summed E-state index contributed by atoms with van der Waals surface area (Å²) in [6.45, 7) is -2.67. The third-order valence-corrected chi connectivity index (χ3v) is 9.56. The molecule has 6 unspecified atom stereocenters. The molecule has 0 saturated carbocycles. The van der Waals surface area contributed by atoms with Crippen LogP contribution < -0.4 is 5.43 Å². The molecule has 0 bridgehead atoms. The number of rotatable bonds is 9. The first-order chi connectivity index (χ1) is 25.2. The van der Waals surface area contributed by atoms with Crippen LogP contribution in [0.25, 0.3) is 22.3 Å². The molecule has 4 heterocycles. The predicted molar refractivity (Wildman–Crippen MR) is 171 cm³/mol. The van der Waals surface area contributed by atoms with Gasteiger partial charge in [0.05, 0.1) is 25.4 Å². The SMILES string of the molecule is O=c1cc(-c2ccc(O)cc2)oc2c([C@@H]3OC(CO)[C@@H](O)[C@H](O)C3O[C@@H]3OC(CO)[C@@H](O)[C@H](O)C3O[C@@H]3OC(CO)[C@@H](O)[C@H](O)C3O)c(O)cc(O)c12. The van der Waals surface area contributed by atoms with Gasteiger partial charge in [0.1, 0.15) is 108 Å². The highest BCUT2D eigenvalue weighted by molar-refractivity contribution is 5.89. The van der Waals surface area contributed by atoms with Crippen LogP contribution in [0.3, 0.4) is 0 Å². The Morgan fingerprint density at radius 3 is 1.72 bits per heavy atom. The molecule has 6 rings (SSSR count). The van der Waals surface area contributed by atoms with Gasteiger partial charge in [-0.15, -0.1) is 0 Å². The van der Waals surface area contributed by atoms with E-state index in [1.165, 1.54) is 24.3 Å². The number of ether oxygens (including phenoxy) is 5. The van der Waals surface area contributed by atoms with E-state index in [2.05, 4.69) is 0 Å². The highest BCUT2D eigenvalue weighted by Gasteiger charge is 2.54. The van der Waals surface area contributed by atoms with Crippen molar-refractivity contribution in [2.75, 3.05) is 19.8 Å². The summed E-state index contributed by atoms with van der Waals surface area (Å²) < 4.78 is 34.7. The predicted octanol–water partition coefficient (Wildman–Crippen LogP) is -4.26. The van der Waals surface area contributed by atoms with Crippen molar-refractivity contribution in [2.24, 2.45) is 0 Å². The van der Waals surface area contributed by atoms with Crippen molar-refractivity contribution in [3.8, 4) is 28.6 Å². The van der Waals surface area contributed by atoms with Gasteiger partial charge < -0.3 is 94.5 Å². The Labute approximate surface area is 298 Å². The number of hydrogen-bond donors (Lipinski definition) is 13. The molecule has 292 valence electrons. The standard InChI is InChI=1S/C33H40O20/c34-7-16-22(42)25(45)30(52-33-31(26(46)23(43)18(9-36)51-33)53-32-27(47)24(44)21(41)17(8-35)50-32)29(49-16)20-13(39)5-12(38)19-14(40)6-15(48-28(19)20)10-1-3-11(37)4-2-10/h1-6,16-18,21-27,29-39,41-47H,7-9H2/t16?,17?,18?,21-,22-,23-,24+,25+,26+,27?,29+,30?,31?,32+,33+/m1/s1. The van der Waals surface area contributed by atoms with E-state index in [1.807, 2.05) is 0 Å². The van der Waals surface area contributed by atoms with Crippen molar-refractivity contribution in [3.63, 3.8) is 0 Å². The van der Waals surface area contributed by atoms with E-state index in [4.69, 9.17) is 28.1 Å². The molecule has 0 aliphatic carbocycles. The van der Waals surface area contributed by atoms with Crippen LogP contribution in [0.1, 0.15) is 11.7 Å². The summed E-state index contributed by atoms with van der Waals surface area (Å²) in [7, 11) is 0. The summed E-state index contributed by atoms with van der Waals surface area (Å²) in [6, 6.07) is 7.20. The summed E-state index contributed by atoms with van der Waals surface area (Å²) in [5, 5.41) is 136. The van der Waals surface area contributed by atoms with Gasteiger partial charge in [0.2, 0.25) is 0 Å². The molecule has 3 aromatic rings. The number of aromatic hydroxyl groups is 3. The zero-order valence-corrected chi connectivity index (χ0v) is 27.4. The first-order valence-corrected chi connectivity index (χ1v) is 16.4. The Morgan fingerprint density at radius 2 is 1.11 bits per heavy atom. The fourth-order valence-electron chi connectivity index (χ4n) is 6.64. The monoisotopic (exact) mass is 756 g/mol. The van der Waals surface area contributed by atoms with Crippen LogP contribution in [-0.2, 0) is 23.7 Å². The number of aliphatic hydroxyl groups is 10. The molecular weight excluding hydrogens is 716 g/mol. The molecule has 20 nitrogen and oxygen atoms in total. The maximum absolute atomic E-state index is 13.4. The lowest BCUT2D eigenvalue weighted by molar-refractivity contribution is -0.383. The Hall–Kier alpha value is -3.55. The Bertz CT molecular complexity index is 1780. The van der Waals surface area contributed by atoms with Gasteiger partial charge >= 0.3 is 0 Å². The first kappa shape index (κ1) is 39.2. The van der Waals surface area contributed by atoms with E-state index in [0.29, 0.717) is 0 Å². The van der Waals surface area contributed by atoms with Crippen molar-refractivity contribution < 1.29 is 94.5 Å². The normalized spacial score (nSPS) is 37.9. The minimum atomic E-state index is -2.06. The molecule has 3 aliphatic rings. The van der Waals surface area contributed by atoms with E-state index in [1.54, 1.807) is 0 Å². The number of fused-ring (bicyclic) bond motifs is 1. The summed E-state index contributed by atoms with van der Waals surface area (Å²) >= 11 is 0. The smallest absolute Gasteiger partial charge is 0.197 e. The van der Waals surface area contributed by atoms with Crippen LogP contribution in [0.4, 0.5) is 0 Å². The highest BCUT2D eigenvalue weighted by atomic mass is 16.8. The van der Waals surface area contributed by atoms with Gasteiger partial charge in [-0.3, -0.25) is 4.79 Å². The van der Waals surface area contributed by atoms with E-state index < -0.39 is 145 Å². The van der Waals surface area contributed by atoms with Crippen LogP contribution in [0.2, 0.25) is 0 Å². The van der Waals surface area contributed by atoms with Crippen molar-refractivity contribution >= 4 is 11.0 Å². The Balaban J connectivity index is 1.44. The first-order valence-electron chi connectivity index (χ1n) is 16.4. The van der Waals surface area contributed by atoms with Gasteiger partial charge in [-0.1, -0.05) is 0 Å². The van der Waals surface area contributed by atoms with Gasteiger partial charge in [0, 0.05) is 17.7 Å². The minimum absolute atomic E-state index is 0.106. The molecule has 20 heteroatoms. The van der Waals surface area contributed by atoms with Crippen LogP contribution >= 0.6 is 0 Å². The molecule has 3 aliphatic heterocycles. The molecule has 0 radical (unpaired) electrons. The van der Waals surface area contributed by atoms with E-state index >= 15 is 0 Å². The summed E-state index contributed by atoms with van der Waals surface area (Å²) in [5.41, 5.74) is -1.50. The van der Waals surface area contributed by atoms with Crippen molar-refractivity contribution in [1.82, 2.24) is 0 Å². The van der Waals surface area contributed by atoms with Crippen LogP contribution in [0.15, 0.2) is 45.6 Å². The average molecular weight is 757 g/mol. The zero-order valence-electron chi connectivity index (χ0n) is 27.4. The topological polar surface area (TPSA) is 339 Å². The molecule has 3 fully saturated rings. The molecule has 2 aromatic carbocycles. The fraction of sp³-hybridized carbons (Fsp3) is 0.545. The van der Waals surface area contributed by atoms with Gasteiger partial charge in [-0.2, -0.15) is 0 Å². The number of benzene rings is 2. The second-order valence-electron chi connectivity index (χ2n) is 12.9. The molecule has 3 saturated heterocycles. The van der Waals surface area contributed by atoms with Crippen LogP contribution in [-0.4, -0.2) is 172 Å². The van der Waals surface area contributed by atoms with Crippen molar-refractivity contribution in [3.05, 3.63) is 52.2 Å². The van der Waals surface area contributed by atoms with E-state index in [-0.39, 0.29) is 17.1 Å². The molecule has 15 atom stereocenters. The third-order valence-electron chi connectivity index (χ3n) is 9.56. The number of phenols is 3. The summed E-state index contributed by atoms with van der Waals surface area (Å²) in [6.07, 6.45) is -27.9. The van der Waals surface area contributed by atoms with Gasteiger partial charge in [0.15, 0.2) is 23.6 Å². The maximum Gasteiger partial charge on any atom is 0.197 e. The highest BCUT2D eigenvalue weighted by Crippen LogP contribution is 2.45. The van der Waals surface area contributed by atoms with Gasteiger partial charge in [-0.05, 0) is 24.3 Å². The molecule has 0 spiro atoms.